The molecule has 2 saturated heterocycles. The van der Waals surface area contributed by atoms with Gasteiger partial charge in [0.2, 0.25) is 0 Å². The highest BCUT2D eigenvalue weighted by molar-refractivity contribution is 5.69. The van der Waals surface area contributed by atoms with E-state index in [1.165, 1.54) is 0 Å². The maximum atomic E-state index is 14.2. The SMILES string of the molecule is CC(C)(C)OC(=O)N1C[C@]2(F)CNC[C@]2(F)C1. The van der Waals surface area contributed by atoms with Crippen LogP contribution in [0, 0.1) is 0 Å². The van der Waals surface area contributed by atoms with Crippen molar-refractivity contribution in [2.45, 2.75) is 37.7 Å². The molecule has 0 unspecified atom stereocenters. The summed E-state index contributed by atoms with van der Waals surface area (Å²) < 4.78 is 33.6. The molecule has 0 aliphatic carbocycles. The van der Waals surface area contributed by atoms with E-state index in [1.807, 2.05) is 0 Å². The zero-order valence-electron chi connectivity index (χ0n) is 10.3. The molecule has 0 aromatic rings. The Kier molecular flexibility index (Phi) is 2.61. The van der Waals surface area contributed by atoms with Crippen LogP contribution in [0.15, 0.2) is 0 Å². The number of hydrogen-bond acceptors (Lipinski definition) is 3. The summed E-state index contributed by atoms with van der Waals surface area (Å²) in [5.74, 6) is 0. The number of carbonyl (C=O) groups is 1. The molecule has 2 aliphatic rings. The Morgan fingerprint density at radius 2 is 1.71 bits per heavy atom. The molecule has 0 bridgehead atoms. The van der Waals surface area contributed by atoms with E-state index in [0.29, 0.717) is 0 Å². The Morgan fingerprint density at radius 3 is 2.12 bits per heavy atom. The predicted molar refractivity (Wildman–Crippen MR) is 58.4 cm³/mol. The van der Waals surface area contributed by atoms with E-state index in [9.17, 15) is 13.6 Å². The van der Waals surface area contributed by atoms with Crippen LogP contribution in [0.4, 0.5) is 13.6 Å². The van der Waals surface area contributed by atoms with Gasteiger partial charge in [0.1, 0.15) is 5.60 Å². The Labute approximate surface area is 99.3 Å². The highest BCUT2D eigenvalue weighted by atomic mass is 19.2. The lowest BCUT2D eigenvalue weighted by molar-refractivity contribution is 0.0257. The second-order valence-electron chi connectivity index (χ2n) is 5.87. The molecule has 4 nitrogen and oxygen atoms in total. The number of likely N-dealkylation sites (tertiary alicyclic amines) is 1. The van der Waals surface area contributed by atoms with Crippen LogP contribution in [-0.2, 0) is 4.74 Å². The Morgan fingerprint density at radius 1 is 1.24 bits per heavy atom. The van der Waals surface area contributed by atoms with Crippen LogP contribution < -0.4 is 5.32 Å². The van der Waals surface area contributed by atoms with Crippen molar-refractivity contribution in [1.29, 1.82) is 0 Å². The van der Waals surface area contributed by atoms with Gasteiger partial charge < -0.3 is 15.0 Å². The first-order valence-corrected chi connectivity index (χ1v) is 5.72. The Bertz CT molecular complexity index is 327. The molecule has 0 spiro atoms. The Balaban J connectivity index is 2.06. The van der Waals surface area contributed by atoms with Gasteiger partial charge in [0, 0.05) is 13.1 Å². The molecule has 2 fully saturated rings. The molecule has 1 N–H and O–H groups in total. The molecule has 1 amide bonds. The van der Waals surface area contributed by atoms with Gasteiger partial charge in [-0.1, -0.05) is 0 Å². The number of halogens is 2. The van der Waals surface area contributed by atoms with Crippen molar-refractivity contribution >= 4 is 6.09 Å². The second kappa shape index (κ2) is 3.54. The van der Waals surface area contributed by atoms with Crippen molar-refractivity contribution in [2.75, 3.05) is 26.2 Å². The van der Waals surface area contributed by atoms with Crippen molar-refractivity contribution in [3.8, 4) is 0 Å². The van der Waals surface area contributed by atoms with E-state index in [1.54, 1.807) is 20.8 Å². The van der Waals surface area contributed by atoms with Gasteiger partial charge in [0.05, 0.1) is 13.1 Å². The first-order chi connectivity index (χ1) is 7.65. The van der Waals surface area contributed by atoms with Crippen LogP contribution in [0.25, 0.3) is 0 Å². The van der Waals surface area contributed by atoms with Crippen molar-refractivity contribution in [3.05, 3.63) is 0 Å². The maximum absolute atomic E-state index is 14.2. The first-order valence-electron chi connectivity index (χ1n) is 5.72. The number of amides is 1. The molecule has 2 atom stereocenters. The molecule has 0 saturated carbocycles. The highest BCUT2D eigenvalue weighted by Crippen LogP contribution is 2.41. The molecule has 2 aliphatic heterocycles. The third-order valence-corrected chi connectivity index (χ3v) is 3.15. The zero-order chi connectivity index (χ0) is 12.9. The van der Waals surface area contributed by atoms with Gasteiger partial charge in [-0.2, -0.15) is 0 Å². The summed E-state index contributed by atoms with van der Waals surface area (Å²) >= 11 is 0. The fourth-order valence-corrected chi connectivity index (χ4v) is 2.29. The third kappa shape index (κ3) is 2.10. The van der Waals surface area contributed by atoms with Gasteiger partial charge in [-0.25, -0.2) is 13.6 Å². The number of carbonyl (C=O) groups excluding carboxylic acids is 1. The summed E-state index contributed by atoms with van der Waals surface area (Å²) in [6.07, 6.45) is -0.652. The molecule has 2 heterocycles. The smallest absolute Gasteiger partial charge is 0.410 e. The highest BCUT2D eigenvalue weighted by Gasteiger charge is 2.64. The summed E-state index contributed by atoms with van der Waals surface area (Å²) in [5, 5.41) is 2.68. The van der Waals surface area contributed by atoms with E-state index in [4.69, 9.17) is 4.74 Å². The Hall–Kier alpha value is -0.910. The van der Waals surface area contributed by atoms with E-state index in [-0.39, 0.29) is 26.2 Å². The summed E-state index contributed by atoms with van der Waals surface area (Å²) in [7, 11) is 0. The van der Waals surface area contributed by atoms with Crippen molar-refractivity contribution in [1.82, 2.24) is 10.2 Å². The largest absolute Gasteiger partial charge is 0.444 e. The molecule has 0 aromatic carbocycles. The van der Waals surface area contributed by atoms with Crippen LogP contribution in [0.5, 0.6) is 0 Å². The number of alkyl halides is 2. The van der Waals surface area contributed by atoms with Crippen LogP contribution in [0.3, 0.4) is 0 Å². The van der Waals surface area contributed by atoms with Gasteiger partial charge in [-0.3, -0.25) is 0 Å². The van der Waals surface area contributed by atoms with E-state index in [0.717, 1.165) is 4.90 Å². The average molecular weight is 248 g/mol. The van der Waals surface area contributed by atoms with Gasteiger partial charge in [-0.15, -0.1) is 0 Å². The number of hydrogen-bond donors (Lipinski definition) is 1. The molecule has 6 heteroatoms. The summed E-state index contributed by atoms with van der Waals surface area (Å²) in [6, 6.07) is 0. The van der Waals surface area contributed by atoms with Crippen LogP contribution >= 0.6 is 0 Å². The molecule has 0 radical (unpaired) electrons. The van der Waals surface area contributed by atoms with Gasteiger partial charge in [0.15, 0.2) is 11.3 Å². The molecular formula is C11H18F2N2O2. The van der Waals surface area contributed by atoms with Gasteiger partial charge in [0.25, 0.3) is 0 Å². The van der Waals surface area contributed by atoms with E-state index < -0.39 is 23.0 Å². The standard InChI is InChI=1S/C11H18F2N2O2/c1-9(2,3)17-8(16)15-6-10(12)4-14-5-11(10,13)7-15/h14H,4-7H2,1-3H3/t10-,11+. The minimum absolute atomic E-state index is 0.0528. The molecular weight excluding hydrogens is 230 g/mol. The van der Waals surface area contributed by atoms with E-state index >= 15 is 0 Å². The first kappa shape index (κ1) is 12.5. The summed E-state index contributed by atoms with van der Waals surface area (Å²) in [4.78, 5) is 12.8. The fourth-order valence-electron chi connectivity index (χ4n) is 2.29. The minimum Gasteiger partial charge on any atom is -0.444 e. The fraction of sp³-hybridized carbons (Fsp3) is 0.909. The van der Waals surface area contributed by atoms with Crippen molar-refractivity contribution in [3.63, 3.8) is 0 Å². The van der Waals surface area contributed by atoms with Crippen LogP contribution in [0.2, 0.25) is 0 Å². The number of fused-ring (bicyclic) bond motifs is 1. The van der Waals surface area contributed by atoms with Gasteiger partial charge >= 0.3 is 6.09 Å². The average Bonchev–Trinajstić information content (AvgIpc) is 2.50. The lowest BCUT2D eigenvalue weighted by Gasteiger charge is -2.25. The van der Waals surface area contributed by atoms with Gasteiger partial charge in [-0.05, 0) is 20.8 Å². The maximum Gasteiger partial charge on any atom is 0.410 e. The number of rotatable bonds is 0. The normalized spacial score (nSPS) is 37.1. The number of nitrogens with one attached hydrogen (secondary N) is 1. The number of ether oxygens (including phenoxy) is 1. The monoisotopic (exact) mass is 248 g/mol. The zero-order valence-corrected chi connectivity index (χ0v) is 10.3. The van der Waals surface area contributed by atoms with Crippen molar-refractivity contribution < 1.29 is 18.3 Å². The lowest BCUT2D eigenvalue weighted by Crippen LogP contribution is -2.44. The summed E-state index contributed by atoms with van der Waals surface area (Å²) in [6.45, 7) is 4.57. The second-order valence-corrected chi connectivity index (χ2v) is 5.87. The third-order valence-electron chi connectivity index (χ3n) is 3.15. The van der Waals surface area contributed by atoms with Crippen LogP contribution in [-0.4, -0.2) is 54.1 Å². The minimum atomic E-state index is -1.98. The number of nitrogens with zero attached hydrogens (tertiary/aromatic N) is 1. The molecule has 2 rings (SSSR count). The van der Waals surface area contributed by atoms with Crippen molar-refractivity contribution in [2.24, 2.45) is 0 Å². The van der Waals surface area contributed by atoms with E-state index in [2.05, 4.69) is 5.32 Å². The summed E-state index contributed by atoms with van der Waals surface area (Å²) in [5.41, 5.74) is -4.62. The quantitative estimate of drug-likeness (QED) is 0.701. The predicted octanol–water partition coefficient (Wildman–Crippen LogP) is 1.26. The lowest BCUT2D eigenvalue weighted by atomic mass is 9.94. The molecule has 0 aromatic heterocycles. The topological polar surface area (TPSA) is 41.6 Å². The molecule has 17 heavy (non-hydrogen) atoms. The van der Waals surface area contributed by atoms with Crippen LogP contribution in [0.1, 0.15) is 20.8 Å². The molecule has 98 valence electrons.